The Bertz CT molecular complexity index is 735. The number of hydrogen-bond acceptors (Lipinski definition) is 4. The first-order valence-corrected chi connectivity index (χ1v) is 8.59. The number of nitrogens with zero attached hydrogens (tertiary/aromatic N) is 2. The molecule has 2 aromatic rings. The van der Waals surface area contributed by atoms with Crippen LogP contribution in [0.3, 0.4) is 0 Å². The van der Waals surface area contributed by atoms with Gasteiger partial charge in [-0.1, -0.05) is 35.5 Å². The monoisotopic (exact) mass is 341 g/mol. The molecule has 0 aliphatic carbocycles. The number of aryl methyl sites for hydroxylation is 2. The number of benzene rings is 1. The zero-order valence-corrected chi connectivity index (χ0v) is 14.6. The molecular formula is C19H23N3O3. The van der Waals surface area contributed by atoms with E-state index in [4.69, 9.17) is 4.52 Å². The van der Waals surface area contributed by atoms with Crippen molar-refractivity contribution in [2.24, 2.45) is 0 Å². The molecule has 1 unspecified atom stereocenters. The molecule has 132 valence electrons. The summed E-state index contributed by atoms with van der Waals surface area (Å²) in [5.74, 6) is 0.790. The highest BCUT2D eigenvalue weighted by atomic mass is 16.5. The first-order chi connectivity index (χ1) is 12.1. The number of aromatic nitrogens is 1. The summed E-state index contributed by atoms with van der Waals surface area (Å²) in [7, 11) is 0. The maximum Gasteiger partial charge on any atom is 0.223 e. The molecule has 1 saturated heterocycles. The maximum atomic E-state index is 12.9. The lowest BCUT2D eigenvalue weighted by Crippen LogP contribution is -2.36. The first kappa shape index (κ1) is 17.2. The molecular weight excluding hydrogens is 318 g/mol. The number of rotatable bonds is 4. The Morgan fingerprint density at radius 1 is 1.32 bits per heavy atom. The second-order valence-electron chi connectivity index (χ2n) is 6.37. The molecule has 0 spiro atoms. The predicted octanol–water partition coefficient (Wildman–Crippen LogP) is 2.31. The second-order valence-corrected chi connectivity index (χ2v) is 6.37. The van der Waals surface area contributed by atoms with Gasteiger partial charge in [0.25, 0.3) is 0 Å². The molecule has 1 N–H and O–H groups in total. The normalized spacial score (nSPS) is 17.9. The molecule has 2 amide bonds. The average Bonchev–Trinajstić information content (AvgIpc) is 2.81. The van der Waals surface area contributed by atoms with Crippen molar-refractivity contribution < 1.29 is 14.1 Å². The topological polar surface area (TPSA) is 75.4 Å². The summed E-state index contributed by atoms with van der Waals surface area (Å²) in [6, 6.07) is 9.52. The molecule has 1 aliphatic heterocycles. The summed E-state index contributed by atoms with van der Waals surface area (Å²) in [5.41, 5.74) is 2.82. The van der Waals surface area contributed by atoms with Crippen molar-refractivity contribution in [3.05, 3.63) is 52.9 Å². The van der Waals surface area contributed by atoms with Crippen LogP contribution >= 0.6 is 0 Å². The van der Waals surface area contributed by atoms with E-state index in [0.29, 0.717) is 32.4 Å². The molecule has 1 aromatic carbocycles. The van der Waals surface area contributed by atoms with E-state index in [9.17, 15) is 9.59 Å². The van der Waals surface area contributed by atoms with Gasteiger partial charge in [0.15, 0.2) is 0 Å². The van der Waals surface area contributed by atoms with Crippen molar-refractivity contribution in [3.63, 3.8) is 0 Å². The number of carbonyl (C=O) groups excluding carboxylic acids is 2. The molecule has 2 heterocycles. The molecule has 1 aromatic heterocycles. The Labute approximate surface area is 147 Å². The van der Waals surface area contributed by atoms with E-state index in [2.05, 4.69) is 10.5 Å². The van der Waals surface area contributed by atoms with E-state index < -0.39 is 0 Å². The second kappa shape index (κ2) is 7.51. The summed E-state index contributed by atoms with van der Waals surface area (Å²) in [6.07, 6.45) is 1.26. The average molecular weight is 341 g/mol. The van der Waals surface area contributed by atoms with Crippen molar-refractivity contribution in [1.82, 2.24) is 15.4 Å². The highest BCUT2D eigenvalue weighted by Gasteiger charge is 2.29. The number of carbonyl (C=O) groups is 2. The minimum absolute atomic E-state index is 0.0186. The Balaban J connectivity index is 1.77. The van der Waals surface area contributed by atoms with Crippen molar-refractivity contribution in [1.29, 1.82) is 0 Å². The first-order valence-electron chi connectivity index (χ1n) is 8.59. The number of hydrogen-bond donors (Lipinski definition) is 1. The predicted molar refractivity (Wildman–Crippen MR) is 92.8 cm³/mol. The van der Waals surface area contributed by atoms with Crippen molar-refractivity contribution in [2.75, 3.05) is 13.1 Å². The van der Waals surface area contributed by atoms with Gasteiger partial charge in [-0.25, -0.2) is 0 Å². The van der Waals surface area contributed by atoms with Gasteiger partial charge >= 0.3 is 0 Å². The van der Waals surface area contributed by atoms with Gasteiger partial charge in [0.05, 0.1) is 18.2 Å². The lowest BCUT2D eigenvalue weighted by molar-refractivity contribution is -0.133. The van der Waals surface area contributed by atoms with Crippen LogP contribution in [0.15, 0.2) is 34.9 Å². The molecule has 1 atom stereocenters. The van der Waals surface area contributed by atoms with Crippen LogP contribution in [0.25, 0.3) is 0 Å². The standard InChI is InChI=1S/C19H23N3O3/c1-13-16(14(2)25-21-13)8-9-19(24)22-11-10-20-18(23)12-17(22)15-6-4-3-5-7-15/h3-7,17H,8-12H2,1-2H3,(H,20,23). The van der Waals surface area contributed by atoms with Crippen LogP contribution in [0.4, 0.5) is 0 Å². The number of amides is 2. The van der Waals surface area contributed by atoms with Gasteiger partial charge < -0.3 is 14.7 Å². The van der Waals surface area contributed by atoms with Crippen LogP contribution in [0.2, 0.25) is 0 Å². The summed E-state index contributed by atoms with van der Waals surface area (Å²) in [5, 5.41) is 6.80. The number of nitrogens with one attached hydrogen (secondary N) is 1. The third-order valence-corrected chi connectivity index (χ3v) is 4.70. The van der Waals surface area contributed by atoms with Crippen LogP contribution in [-0.2, 0) is 16.0 Å². The van der Waals surface area contributed by atoms with Crippen LogP contribution in [-0.4, -0.2) is 35.0 Å². The zero-order valence-electron chi connectivity index (χ0n) is 14.6. The van der Waals surface area contributed by atoms with E-state index >= 15 is 0 Å². The largest absolute Gasteiger partial charge is 0.361 e. The maximum absolute atomic E-state index is 12.9. The van der Waals surface area contributed by atoms with Crippen molar-refractivity contribution in [2.45, 2.75) is 39.2 Å². The Kier molecular flexibility index (Phi) is 5.16. The summed E-state index contributed by atoms with van der Waals surface area (Å²) in [4.78, 5) is 26.7. The third-order valence-electron chi connectivity index (χ3n) is 4.70. The van der Waals surface area contributed by atoms with Gasteiger partial charge in [0, 0.05) is 25.1 Å². The minimum Gasteiger partial charge on any atom is -0.361 e. The lowest BCUT2D eigenvalue weighted by Gasteiger charge is -2.29. The van der Waals surface area contributed by atoms with E-state index in [1.54, 1.807) is 0 Å². The SMILES string of the molecule is Cc1noc(C)c1CCC(=O)N1CCNC(=O)CC1c1ccccc1. The van der Waals surface area contributed by atoms with Gasteiger partial charge in [-0.05, 0) is 25.8 Å². The quantitative estimate of drug-likeness (QED) is 0.926. The van der Waals surface area contributed by atoms with Gasteiger partial charge in [-0.3, -0.25) is 9.59 Å². The van der Waals surface area contributed by atoms with Gasteiger partial charge in [-0.15, -0.1) is 0 Å². The Hall–Kier alpha value is -2.63. The minimum atomic E-state index is -0.221. The molecule has 25 heavy (non-hydrogen) atoms. The fourth-order valence-corrected chi connectivity index (χ4v) is 3.34. The highest BCUT2D eigenvalue weighted by Crippen LogP contribution is 2.27. The van der Waals surface area contributed by atoms with Crippen LogP contribution in [0, 0.1) is 13.8 Å². The summed E-state index contributed by atoms with van der Waals surface area (Å²) < 4.78 is 5.17. The van der Waals surface area contributed by atoms with E-state index in [0.717, 1.165) is 22.6 Å². The zero-order chi connectivity index (χ0) is 17.8. The van der Waals surface area contributed by atoms with Crippen LogP contribution in [0.5, 0.6) is 0 Å². The fourth-order valence-electron chi connectivity index (χ4n) is 3.34. The smallest absolute Gasteiger partial charge is 0.223 e. The van der Waals surface area contributed by atoms with Crippen LogP contribution in [0.1, 0.15) is 41.5 Å². The summed E-state index contributed by atoms with van der Waals surface area (Å²) in [6.45, 7) is 4.75. The van der Waals surface area contributed by atoms with E-state index in [1.807, 2.05) is 49.1 Å². The summed E-state index contributed by atoms with van der Waals surface area (Å²) >= 11 is 0. The molecule has 1 aliphatic rings. The molecule has 1 fully saturated rings. The molecule has 0 radical (unpaired) electrons. The van der Waals surface area contributed by atoms with Crippen molar-refractivity contribution >= 4 is 11.8 Å². The van der Waals surface area contributed by atoms with E-state index in [1.165, 1.54) is 0 Å². The van der Waals surface area contributed by atoms with Gasteiger partial charge in [0.1, 0.15) is 5.76 Å². The van der Waals surface area contributed by atoms with Gasteiger partial charge in [0.2, 0.25) is 11.8 Å². The van der Waals surface area contributed by atoms with E-state index in [-0.39, 0.29) is 17.9 Å². The fraction of sp³-hybridized carbons (Fsp3) is 0.421. The molecule has 3 rings (SSSR count). The highest BCUT2D eigenvalue weighted by molar-refractivity contribution is 5.81. The Morgan fingerprint density at radius 2 is 2.08 bits per heavy atom. The lowest BCUT2D eigenvalue weighted by atomic mass is 10.0. The van der Waals surface area contributed by atoms with Gasteiger partial charge in [-0.2, -0.15) is 0 Å². The molecule has 0 saturated carbocycles. The van der Waals surface area contributed by atoms with Crippen LogP contribution < -0.4 is 5.32 Å². The molecule has 0 bridgehead atoms. The molecule has 6 heteroatoms. The third kappa shape index (κ3) is 3.90. The van der Waals surface area contributed by atoms with Crippen molar-refractivity contribution in [3.8, 4) is 0 Å². The molecule has 6 nitrogen and oxygen atoms in total. The Morgan fingerprint density at radius 3 is 2.76 bits per heavy atom.